The van der Waals surface area contributed by atoms with Gasteiger partial charge in [-0.2, -0.15) is 5.11 Å². The van der Waals surface area contributed by atoms with Gasteiger partial charge in [0.1, 0.15) is 24.1 Å². The standard InChI is InChI=1S/C18H14BrN3O2/c19-14-6-7-17-13(8-14)9-16(18(23)12-4-2-1-3-5-12)22-15(11-24-17)10-20-21-22/h1-9,15H,10-11H2/b16-9-. The molecule has 5 nitrogen and oxygen atoms in total. The number of carbonyl (C=O) groups is 1. The first-order valence-corrected chi connectivity index (χ1v) is 8.42. The second kappa shape index (κ2) is 6.20. The van der Waals surface area contributed by atoms with E-state index in [4.69, 9.17) is 4.74 Å². The maximum atomic E-state index is 13.0. The van der Waals surface area contributed by atoms with Crippen LogP contribution in [-0.2, 0) is 0 Å². The predicted octanol–water partition coefficient (Wildman–Crippen LogP) is 4.12. The van der Waals surface area contributed by atoms with Crippen LogP contribution in [0.5, 0.6) is 5.75 Å². The Balaban J connectivity index is 1.84. The van der Waals surface area contributed by atoms with Gasteiger partial charge in [-0.25, -0.2) is 5.01 Å². The van der Waals surface area contributed by atoms with Gasteiger partial charge in [-0.3, -0.25) is 4.79 Å². The number of ketones is 1. The summed E-state index contributed by atoms with van der Waals surface area (Å²) in [6.07, 6.45) is 1.83. The van der Waals surface area contributed by atoms with Crippen molar-refractivity contribution in [3.05, 3.63) is 69.8 Å². The minimum Gasteiger partial charge on any atom is -0.491 e. The van der Waals surface area contributed by atoms with Crippen LogP contribution in [0.3, 0.4) is 0 Å². The maximum Gasteiger partial charge on any atom is 0.211 e. The highest BCUT2D eigenvalue weighted by Gasteiger charge is 2.32. The first-order chi connectivity index (χ1) is 11.7. The van der Waals surface area contributed by atoms with Gasteiger partial charge in [0, 0.05) is 15.6 Å². The molecule has 0 spiro atoms. The molecule has 24 heavy (non-hydrogen) atoms. The third-order valence-electron chi connectivity index (χ3n) is 4.01. The molecule has 2 aromatic rings. The fourth-order valence-electron chi connectivity index (χ4n) is 2.79. The van der Waals surface area contributed by atoms with E-state index in [9.17, 15) is 4.79 Å². The van der Waals surface area contributed by atoms with Gasteiger partial charge in [-0.1, -0.05) is 51.5 Å². The summed E-state index contributed by atoms with van der Waals surface area (Å²) in [6, 6.07) is 14.9. The van der Waals surface area contributed by atoms with Crippen LogP contribution in [-0.4, -0.2) is 30.0 Å². The number of benzene rings is 2. The average Bonchev–Trinajstić information content (AvgIpc) is 3.05. The number of allylic oxidation sites excluding steroid dienone is 1. The Hall–Kier alpha value is -2.47. The summed E-state index contributed by atoms with van der Waals surface area (Å²) >= 11 is 3.47. The molecule has 1 unspecified atom stereocenters. The van der Waals surface area contributed by atoms with Crippen LogP contribution in [0.15, 0.2) is 69.0 Å². The van der Waals surface area contributed by atoms with Gasteiger partial charge in [0.05, 0.1) is 6.54 Å². The number of hydrogen-bond acceptors (Lipinski definition) is 5. The van der Waals surface area contributed by atoms with Gasteiger partial charge in [-0.15, -0.1) is 0 Å². The van der Waals surface area contributed by atoms with E-state index >= 15 is 0 Å². The zero-order valence-corrected chi connectivity index (χ0v) is 14.3. The van der Waals surface area contributed by atoms with Crippen molar-refractivity contribution >= 4 is 27.8 Å². The van der Waals surface area contributed by atoms with E-state index in [1.165, 1.54) is 0 Å². The molecule has 1 atom stereocenters. The van der Waals surface area contributed by atoms with E-state index in [1.54, 1.807) is 5.01 Å². The number of ether oxygens (including phenoxy) is 1. The molecule has 6 heteroatoms. The molecule has 0 fully saturated rings. The summed E-state index contributed by atoms with van der Waals surface area (Å²) in [7, 11) is 0. The average molecular weight is 384 g/mol. The Labute approximate surface area is 147 Å². The van der Waals surface area contributed by atoms with Crippen molar-refractivity contribution in [1.29, 1.82) is 0 Å². The van der Waals surface area contributed by atoms with Crippen LogP contribution in [0.4, 0.5) is 0 Å². The van der Waals surface area contributed by atoms with Crippen LogP contribution >= 0.6 is 15.9 Å². The lowest BCUT2D eigenvalue weighted by Crippen LogP contribution is -2.37. The van der Waals surface area contributed by atoms with Gasteiger partial charge in [-0.05, 0) is 24.3 Å². The fourth-order valence-corrected chi connectivity index (χ4v) is 3.17. The quantitative estimate of drug-likeness (QED) is 0.732. The summed E-state index contributed by atoms with van der Waals surface area (Å²) in [5.41, 5.74) is 1.97. The smallest absolute Gasteiger partial charge is 0.211 e. The normalized spacial score (nSPS) is 21.0. The van der Waals surface area contributed by atoms with Gasteiger partial charge < -0.3 is 4.74 Å². The SMILES string of the molecule is O=C(/C1=C/c2cc(Br)ccc2OCC2CN=NN12)c1ccccc1. The van der Waals surface area contributed by atoms with E-state index in [-0.39, 0.29) is 11.8 Å². The number of carbonyl (C=O) groups excluding carboxylic acids is 1. The molecule has 120 valence electrons. The zero-order valence-electron chi connectivity index (χ0n) is 12.7. The molecule has 0 saturated heterocycles. The molecule has 2 aromatic carbocycles. The van der Waals surface area contributed by atoms with E-state index in [1.807, 2.05) is 54.6 Å². The number of hydrogen-bond donors (Lipinski definition) is 0. The van der Waals surface area contributed by atoms with Crippen molar-refractivity contribution in [2.45, 2.75) is 6.04 Å². The molecular formula is C18H14BrN3O2. The van der Waals surface area contributed by atoms with E-state index in [0.717, 1.165) is 15.8 Å². The largest absolute Gasteiger partial charge is 0.491 e. The lowest BCUT2D eigenvalue weighted by molar-refractivity contribution is 0.0968. The Kier molecular flexibility index (Phi) is 3.90. The third kappa shape index (κ3) is 2.73. The highest BCUT2D eigenvalue weighted by molar-refractivity contribution is 9.10. The molecule has 0 bridgehead atoms. The summed E-state index contributed by atoms with van der Waals surface area (Å²) in [5.74, 6) is 0.678. The summed E-state index contributed by atoms with van der Waals surface area (Å²) < 4.78 is 6.82. The molecule has 2 heterocycles. The molecule has 0 aliphatic carbocycles. The van der Waals surface area contributed by atoms with E-state index in [2.05, 4.69) is 26.3 Å². The van der Waals surface area contributed by atoms with Crippen molar-refractivity contribution < 1.29 is 9.53 Å². The van der Waals surface area contributed by atoms with Crippen molar-refractivity contribution in [1.82, 2.24) is 5.01 Å². The third-order valence-corrected chi connectivity index (χ3v) is 4.50. The van der Waals surface area contributed by atoms with Gasteiger partial charge in [0.25, 0.3) is 0 Å². The number of nitrogens with zero attached hydrogens (tertiary/aromatic N) is 3. The van der Waals surface area contributed by atoms with Crippen LogP contribution in [0, 0.1) is 0 Å². The number of fused-ring (bicyclic) bond motifs is 2. The number of halogens is 1. The molecule has 2 aliphatic rings. The minimum atomic E-state index is -0.0747. The topological polar surface area (TPSA) is 54.3 Å². The van der Waals surface area contributed by atoms with Gasteiger partial charge in [0.15, 0.2) is 0 Å². The first-order valence-electron chi connectivity index (χ1n) is 7.63. The minimum absolute atomic E-state index is 0.0688. The van der Waals surface area contributed by atoms with Crippen LogP contribution in [0.2, 0.25) is 0 Å². The van der Waals surface area contributed by atoms with Gasteiger partial charge >= 0.3 is 0 Å². The monoisotopic (exact) mass is 383 g/mol. The first kappa shape index (κ1) is 15.1. The van der Waals surface area contributed by atoms with Crippen LogP contribution in [0.1, 0.15) is 15.9 Å². The Morgan fingerprint density at radius 1 is 1.21 bits per heavy atom. The summed E-state index contributed by atoms with van der Waals surface area (Å²) in [6.45, 7) is 0.951. The summed E-state index contributed by atoms with van der Waals surface area (Å²) in [4.78, 5) is 13.0. The van der Waals surface area contributed by atoms with Crippen molar-refractivity contribution in [3.63, 3.8) is 0 Å². The lowest BCUT2D eigenvalue weighted by Gasteiger charge is -2.26. The molecule has 2 aliphatic heterocycles. The number of Topliss-reactive ketones (excluding diaryl/α,β-unsaturated/α-hetero) is 1. The lowest BCUT2D eigenvalue weighted by atomic mass is 10.0. The second-order valence-electron chi connectivity index (χ2n) is 5.63. The highest BCUT2D eigenvalue weighted by Crippen LogP contribution is 2.32. The van der Waals surface area contributed by atoms with E-state index in [0.29, 0.717) is 24.4 Å². The highest BCUT2D eigenvalue weighted by atomic mass is 79.9. The van der Waals surface area contributed by atoms with Crippen LogP contribution in [0.25, 0.3) is 6.08 Å². The Morgan fingerprint density at radius 2 is 2.04 bits per heavy atom. The fraction of sp³-hybridized carbons (Fsp3) is 0.167. The number of rotatable bonds is 2. The zero-order chi connectivity index (χ0) is 16.5. The van der Waals surface area contributed by atoms with E-state index < -0.39 is 0 Å². The molecule has 0 aromatic heterocycles. The molecule has 4 rings (SSSR count). The molecule has 0 amide bonds. The molecule has 0 N–H and O–H groups in total. The summed E-state index contributed by atoms with van der Waals surface area (Å²) in [5, 5.41) is 9.93. The Bertz CT molecular complexity index is 849. The van der Waals surface area contributed by atoms with Crippen molar-refractivity contribution in [2.24, 2.45) is 10.3 Å². The van der Waals surface area contributed by atoms with Crippen molar-refractivity contribution in [2.75, 3.05) is 13.2 Å². The molecule has 0 radical (unpaired) electrons. The molecule has 0 saturated carbocycles. The second-order valence-corrected chi connectivity index (χ2v) is 6.55. The van der Waals surface area contributed by atoms with Crippen LogP contribution < -0.4 is 4.74 Å². The predicted molar refractivity (Wildman–Crippen MR) is 93.7 cm³/mol. The van der Waals surface area contributed by atoms with Gasteiger partial charge in [0.2, 0.25) is 5.78 Å². The molecular weight excluding hydrogens is 370 g/mol. The maximum absolute atomic E-state index is 13.0. The Morgan fingerprint density at radius 3 is 2.88 bits per heavy atom. The van der Waals surface area contributed by atoms with Crippen molar-refractivity contribution in [3.8, 4) is 5.75 Å².